The van der Waals surface area contributed by atoms with E-state index in [0.29, 0.717) is 9.92 Å². The maximum absolute atomic E-state index is 11.8. The molecule has 0 aliphatic carbocycles. The number of rotatable bonds is 3. The first-order valence-electron chi connectivity index (χ1n) is 6.01. The molecule has 0 unspecified atom stereocenters. The lowest BCUT2D eigenvalue weighted by molar-refractivity contribution is 0.402. The standard InChI is InChI=1S/C16H13ClO2S/c1-13-4-10-16(11-5-13)20(18)19-12-2-3-14-6-8-15(17)9-7-14/h4-11H,12H2,1H3/t20-/m0/s1. The number of benzene rings is 2. The van der Waals surface area contributed by atoms with E-state index in [0.717, 1.165) is 11.1 Å². The van der Waals surface area contributed by atoms with Gasteiger partial charge < -0.3 is 0 Å². The number of hydrogen-bond donors (Lipinski definition) is 0. The second-order valence-electron chi connectivity index (χ2n) is 4.12. The van der Waals surface area contributed by atoms with Gasteiger partial charge in [0.1, 0.15) is 6.61 Å². The summed E-state index contributed by atoms with van der Waals surface area (Å²) in [5, 5.41) is 0.673. The van der Waals surface area contributed by atoms with Gasteiger partial charge in [-0.1, -0.05) is 41.1 Å². The van der Waals surface area contributed by atoms with Crippen molar-refractivity contribution in [3.05, 3.63) is 64.7 Å². The Morgan fingerprint density at radius 2 is 1.75 bits per heavy atom. The summed E-state index contributed by atoms with van der Waals surface area (Å²) in [6.07, 6.45) is 0. The SMILES string of the molecule is Cc1ccc([S@@](=O)OCC#Cc2ccc(Cl)cc2)cc1. The maximum atomic E-state index is 11.8. The molecule has 0 heterocycles. The van der Waals surface area contributed by atoms with E-state index >= 15 is 0 Å². The molecule has 0 bridgehead atoms. The smallest absolute Gasteiger partial charge is 0.190 e. The Balaban J connectivity index is 1.88. The molecule has 0 saturated carbocycles. The molecule has 0 fully saturated rings. The fourth-order valence-corrected chi connectivity index (χ4v) is 2.26. The lowest BCUT2D eigenvalue weighted by atomic mass is 10.2. The van der Waals surface area contributed by atoms with Crippen LogP contribution >= 0.6 is 11.6 Å². The first kappa shape index (κ1) is 14.8. The molecule has 0 amide bonds. The van der Waals surface area contributed by atoms with Gasteiger partial charge in [-0.2, -0.15) is 0 Å². The summed E-state index contributed by atoms with van der Waals surface area (Å²) in [5.41, 5.74) is 1.97. The fourth-order valence-electron chi connectivity index (χ4n) is 1.47. The van der Waals surface area contributed by atoms with Crippen LogP contribution in [0.3, 0.4) is 0 Å². The Hall–Kier alpha value is -1.60. The Labute approximate surface area is 126 Å². The molecular weight excluding hydrogens is 292 g/mol. The van der Waals surface area contributed by atoms with Gasteiger partial charge in [0.05, 0.1) is 4.90 Å². The van der Waals surface area contributed by atoms with Crippen LogP contribution in [0.2, 0.25) is 5.02 Å². The molecule has 0 N–H and O–H groups in total. The van der Waals surface area contributed by atoms with Crippen molar-refractivity contribution in [3.63, 3.8) is 0 Å². The van der Waals surface area contributed by atoms with Crippen molar-refractivity contribution in [2.75, 3.05) is 6.61 Å². The molecular formula is C16H13ClO2S. The van der Waals surface area contributed by atoms with Crippen molar-refractivity contribution < 1.29 is 8.39 Å². The molecule has 2 aromatic rings. The average Bonchev–Trinajstić information content (AvgIpc) is 2.46. The fraction of sp³-hybridized carbons (Fsp3) is 0.125. The molecule has 0 radical (unpaired) electrons. The molecule has 4 heteroatoms. The normalized spacial score (nSPS) is 11.5. The molecule has 0 saturated heterocycles. The summed E-state index contributed by atoms with van der Waals surface area (Å²) < 4.78 is 17.0. The van der Waals surface area contributed by atoms with E-state index in [-0.39, 0.29) is 6.61 Å². The third-order valence-electron chi connectivity index (χ3n) is 2.53. The van der Waals surface area contributed by atoms with Crippen molar-refractivity contribution in [1.82, 2.24) is 0 Å². The highest BCUT2D eigenvalue weighted by molar-refractivity contribution is 7.80. The van der Waals surface area contributed by atoms with Crippen LogP contribution in [0.4, 0.5) is 0 Å². The van der Waals surface area contributed by atoms with Gasteiger partial charge in [-0.15, -0.1) is 0 Å². The van der Waals surface area contributed by atoms with Crippen molar-refractivity contribution in [2.45, 2.75) is 11.8 Å². The van der Waals surface area contributed by atoms with Crippen LogP contribution in [0.1, 0.15) is 11.1 Å². The maximum Gasteiger partial charge on any atom is 0.190 e. The Morgan fingerprint density at radius 1 is 1.10 bits per heavy atom. The molecule has 2 rings (SSSR count). The second-order valence-corrected chi connectivity index (χ2v) is 5.73. The van der Waals surface area contributed by atoms with Crippen molar-refractivity contribution in [3.8, 4) is 11.8 Å². The van der Waals surface area contributed by atoms with E-state index in [4.69, 9.17) is 15.8 Å². The van der Waals surface area contributed by atoms with Crippen molar-refractivity contribution >= 4 is 22.7 Å². The summed E-state index contributed by atoms with van der Waals surface area (Å²) in [4.78, 5) is 0.642. The topological polar surface area (TPSA) is 26.3 Å². The van der Waals surface area contributed by atoms with Crippen LogP contribution in [0.5, 0.6) is 0 Å². The van der Waals surface area contributed by atoms with Crippen molar-refractivity contribution in [2.24, 2.45) is 0 Å². The lowest BCUT2D eigenvalue weighted by Crippen LogP contribution is -1.98. The van der Waals surface area contributed by atoms with Gasteiger partial charge in [-0.05, 0) is 43.3 Å². The number of aryl methyl sites for hydroxylation is 1. The highest BCUT2D eigenvalue weighted by atomic mass is 35.5. The van der Waals surface area contributed by atoms with Gasteiger partial charge in [0, 0.05) is 10.6 Å². The predicted molar refractivity (Wildman–Crippen MR) is 81.9 cm³/mol. The van der Waals surface area contributed by atoms with Gasteiger partial charge in [-0.3, -0.25) is 4.18 Å². The molecule has 1 atom stereocenters. The molecule has 0 aliphatic rings. The summed E-state index contributed by atoms with van der Waals surface area (Å²) in [6.45, 7) is 2.09. The van der Waals surface area contributed by atoms with Crippen LogP contribution in [0.15, 0.2) is 53.4 Å². The van der Waals surface area contributed by atoms with Gasteiger partial charge >= 0.3 is 0 Å². The van der Waals surface area contributed by atoms with E-state index in [1.54, 1.807) is 24.3 Å². The number of halogens is 1. The zero-order valence-corrected chi connectivity index (χ0v) is 12.5. The Bertz CT molecular complexity index is 652. The number of hydrogen-bond acceptors (Lipinski definition) is 2. The zero-order chi connectivity index (χ0) is 14.4. The molecule has 102 valence electrons. The van der Waals surface area contributed by atoms with Crippen LogP contribution in [0, 0.1) is 18.8 Å². The van der Waals surface area contributed by atoms with Crippen LogP contribution in [-0.2, 0) is 15.3 Å². The molecule has 2 aromatic carbocycles. The predicted octanol–water partition coefficient (Wildman–Crippen LogP) is 3.74. The largest absolute Gasteiger partial charge is 0.274 e. The average molecular weight is 305 g/mol. The van der Waals surface area contributed by atoms with Gasteiger partial charge in [-0.25, -0.2) is 4.21 Å². The van der Waals surface area contributed by atoms with E-state index in [2.05, 4.69) is 11.8 Å². The summed E-state index contributed by atoms with van der Waals surface area (Å²) >= 11 is 4.30. The lowest BCUT2D eigenvalue weighted by Gasteiger charge is -2.00. The molecule has 0 spiro atoms. The van der Waals surface area contributed by atoms with E-state index in [1.807, 2.05) is 31.2 Å². The first-order valence-corrected chi connectivity index (χ1v) is 7.46. The van der Waals surface area contributed by atoms with Gasteiger partial charge in [0.25, 0.3) is 0 Å². The van der Waals surface area contributed by atoms with E-state index < -0.39 is 11.1 Å². The van der Waals surface area contributed by atoms with Gasteiger partial charge in [0.15, 0.2) is 11.1 Å². The molecule has 0 aromatic heterocycles. The molecule has 2 nitrogen and oxygen atoms in total. The summed E-state index contributed by atoms with van der Waals surface area (Å²) in [6, 6.07) is 14.6. The second kappa shape index (κ2) is 7.25. The summed E-state index contributed by atoms with van der Waals surface area (Å²) in [7, 11) is 0. The van der Waals surface area contributed by atoms with E-state index in [1.165, 1.54) is 0 Å². The Kier molecular flexibility index (Phi) is 5.37. The highest BCUT2D eigenvalue weighted by Crippen LogP contribution is 2.09. The van der Waals surface area contributed by atoms with Crippen LogP contribution in [-0.4, -0.2) is 10.8 Å². The molecule has 20 heavy (non-hydrogen) atoms. The highest BCUT2D eigenvalue weighted by Gasteiger charge is 2.02. The van der Waals surface area contributed by atoms with Crippen LogP contribution in [0.25, 0.3) is 0 Å². The monoisotopic (exact) mass is 304 g/mol. The third-order valence-corrected chi connectivity index (χ3v) is 3.77. The quantitative estimate of drug-likeness (QED) is 0.808. The summed E-state index contributed by atoms with van der Waals surface area (Å²) in [5.74, 6) is 5.74. The Morgan fingerprint density at radius 3 is 2.40 bits per heavy atom. The minimum Gasteiger partial charge on any atom is -0.274 e. The third kappa shape index (κ3) is 4.50. The van der Waals surface area contributed by atoms with Crippen LogP contribution < -0.4 is 0 Å². The minimum absolute atomic E-state index is 0.114. The van der Waals surface area contributed by atoms with Gasteiger partial charge in [0.2, 0.25) is 0 Å². The minimum atomic E-state index is -1.48. The zero-order valence-electron chi connectivity index (χ0n) is 10.9. The molecule has 0 aliphatic heterocycles. The van der Waals surface area contributed by atoms with Crippen molar-refractivity contribution in [1.29, 1.82) is 0 Å². The van der Waals surface area contributed by atoms with E-state index in [9.17, 15) is 4.21 Å². The first-order chi connectivity index (χ1) is 9.65.